The maximum Gasteiger partial charge on any atom is 0.160 e. The smallest absolute Gasteiger partial charge is 0.160 e. The van der Waals surface area contributed by atoms with Crippen LogP contribution in [0.3, 0.4) is 0 Å². The maximum absolute atomic E-state index is 5.91. The van der Waals surface area contributed by atoms with Crippen molar-refractivity contribution in [1.82, 2.24) is 19.4 Å². The van der Waals surface area contributed by atoms with Crippen LogP contribution in [0.15, 0.2) is 12.3 Å². The molecule has 0 saturated carbocycles. The van der Waals surface area contributed by atoms with Crippen LogP contribution in [0.5, 0.6) is 0 Å². The van der Waals surface area contributed by atoms with E-state index in [2.05, 4.69) is 27.4 Å². The quantitative estimate of drug-likeness (QED) is 0.795. The van der Waals surface area contributed by atoms with Gasteiger partial charge < -0.3 is 9.47 Å². The van der Waals surface area contributed by atoms with Crippen molar-refractivity contribution in [3.8, 4) is 0 Å². The molecule has 3 heterocycles. The molecule has 0 aromatic carbocycles. The fourth-order valence-electron chi connectivity index (χ4n) is 2.92. The summed E-state index contributed by atoms with van der Waals surface area (Å²) in [5, 5.41) is 0. The van der Waals surface area contributed by atoms with Gasteiger partial charge in [0, 0.05) is 31.6 Å². The van der Waals surface area contributed by atoms with Crippen molar-refractivity contribution in [2.75, 3.05) is 25.5 Å². The van der Waals surface area contributed by atoms with E-state index in [4.69, 9.17) is 16.6 Å². The van der Waals surface area contributed by atoms with Crippen molar-refractivity contribution in [3.63, 3.8) is 0 Å². The topological polar surface area (TPSA) is 34.0 Å². The second kappa shape index (κ2) is 6.10. The number of rotatable bonds is 5. The number of imidazole rings is 1. The first-order valence-electron chi connectivity index (χ1n) is 7.38. The number of aryl methyl sites for hydroxylation is 2. The fraction of sp³-hybridized carbons (Fsp3) is 0.600. The molecule has 0 bridgehead atoms. The summed E-state index contributed by atoms with van der Waals surface area (Å²) < 4.78 is 2.25. The minimum atomic E-state index is 0.603. The van der Waals surface area contributed by atoms with Gasteiger partial charge in [-0.2, -0.15) is 0 Å². The molecule has 2 aromatic rings. The minimum absolute atomic E-state index is 0.603. The number of alkyl halides is 1. The van der Waals surface area contributed by atoms with E-state index in [9.17, 15) is 0 Å². The number of fused-ring (bicyclic) bond motifs is 1. The third-order valence-corrected chi connectivity index (χ3v) is 4.15. The zero-order valence-corrected chi connectivity index (χ0v) is 12.7. The summed E-state index contributed by atoms with van der Waals surface area (Å²) in [4.78, 5) is 11.8. The van der Waals surface area contributed by atoms with Gasteiger partial charge in [-0.15, -0.1) is 11.6 Å². The number of halogens is 1. The van der Waals surface area contributed by atoms with Crippen LogP contribution in [0.25, 0.3) is 11.2 Å². The monoisotopic (exact) mass is 292 g/mol. The van der Waals surface area contributed by atoms with Gasteiger partial charge in [0.05, 0.1) is 0 Å². The van der Waals surface area contributed by atoms with Gasteiger partial charge >= 0.3 is 0 Å². The van der Waals surface area contributed by atoms with Crippen LogP contribution in [0.2, 0.25) is 0 Å². The van der Waals surface area contributed by atoms with E-state index in [-0.39, 0.29) is 0 Å². The van der Waals surface area contributed by atoms with Crippen molar-refractivity contribution in [3.05, 3.63) is 23.7 Å². The largest absolute Gasteiger partial charge is 0.311 e. The summed E-state index contributed by atoms with van der Waals surface area (Å²) in [6.45, 7) is 6.54. The van der Waals surface area contributed by atoms with Crippen molar-refractivity contribution in [2.45, 2.75) is 32.7 Å². The van der Waals surface area contributed by atoms with E-state index >= 15 is 0 Å². The second-order valence-electron chi connectivity index (χ2n) is 5.52. The highest BCUT2D eigenvalue weighted by molar-refractivity contribution is 6.17. The summed E-state index contributed by atoms with van der Waals surface area (Å²) in [7, 11) is 0. The van der Waals surface area contributed by atoms with Crippen LogP contribution < -0.4 is 0 Å². The molecule has 0 spiro atoms. The van der Waals surface area contributed by atoms with Crippen LogP contribution >= 0.6 is 11.6 Å². The molecule has 0 aliphatic carbocycles. The molecule has 0 radical (unpaired) electrons. The Hall–Kier alpha value is -1.13. The lowest BCUT2D eigenvalue weighted by atomic mass is 10.3. The Morgan fingerprint density at radius 3 is 2.80 bits per heavy atom. The van der Waals surface area contributed by atoms with Crippen LogP contribution in [0.4, 0.5) is 0 Å². The lowest BCUT2D eigenvalue weighted by Gasteiger charge is -2.16. The van der Waals surface area contributed by atoms with E-state index in [1.807, 2.05) is 6.20 Å². The van der Waals surface area contributed by atoms with Crippen molar-refractivity contribution < 1.29 is 0 Å². The highest BCUT2D eigenvalue weighted by Gasteiger charge is 2.15. The molecule has 1 aliphatic heterocycles. The summed E-state index contributed by atoms with van der Waals surface area (Å²) in [6, 6.07) is 2.10. The number of hydrogen-bond acceptors (Lipinski definition) is 3. The Bertz CT molecular complexity index is 587. The molecule has 1 saturated heterocycles. The molecular weight excluding hydrogens is 272 g/mol. The molecule has 5 heteroatoms. The number of aromatic nitrogens is 3. The fourth-order valence-corrected chi connectivity index (χ4v) is 3.09. The van der Waals surface area contributed by atoms with Crippen LogP contribution in [-0.4, -0.2) is 44.9 Å². The third-order valence-electron chi connectivity index (χ3n) is 3.96. The first-order valence-corrected chi connectivity index (χ1v) is 7.91. The average Bonchev–Trinajstić information content (AvgIpc) is 3.04. The SMILES string of the molecule is Cc1cnc2c(c1)nc(CCCl)n2CCN1CCCC1. The third kappa shape index (κ3) is 2.81. The standard InChI is InChI=1S/C15H21ClN4/c1-12-10-13-15(17-11-12)20(14(18-13)4-5-16)9-8-19-6-2-3-7-19/h10-11H,2-9H2,1H3. The minimum Gasteiger partial charge on any atom is -0.311 e. The van der Waals surface area contributed by atoms with Crippen molar-refractivity contribution >= 4 is 22.8 Å². The van der Waals surface area contributed by atoms with Gasteiger partial charge in [-0.25, -0.2) is 9.97 Å². The van der Waals surface area contributed by atoms with Crippen LogP contribution in [0.1, 0.15) is 24.2 Å². The lowest BCUT2D eigenvalue weighted by molar-refractivity contribution is 0.322. The second-order valence-corrected chi connectivity index (χ2v) is 5.90. The van der Waals surface area contributed by atoms with E-state index in [1.165, 1.54) is 25.9 Å². The van der Waals surface area contributed by atoms with Gasteiger partial charge in [0.15, 0.2) is 5.65 Å². The van der Waals surface area contributed by atoms with Crippen LogP contribution in [0, 0.1) is 6.92 Å². The number of nitrogens with zero attached hydrogens (tertiary/aromatic N) is 4. The van der Waals surface area contributed by atoms with Gasteiger partial charge in [-0.1, -0.05) is 0 Å². The molecule has 20 heavy (non-hydrogen) atoms. The van der Waals surface area contributed by atoms with Crippen molar-refractivity contribution in [1.29, 1.82) is 0 Å². The van der Waals surface area contributed by atoms with Gasteiger partial charge in [0.25, 0.3) is 0 Å². The van der Waals surface area contributed by atoms with Gasteiger partial charge in [-0.05, 0) is 44.5 Å². The number of likely N-dealkylation sites (tertiary alicyclic amines) is 1. The number of hydrogen-bond donors (Lipinski definition) is 0. The maximum atomic E-state index is 5.91. The van der Waals surface area contributed by atoms with Gasteiger partial charge in [0.1, 0.15) is 11.3 Å². The zero-order valence-electron chi connectivity index (χ0n) is 12.0. The Balaban J connectivity index is 1.87. The number of pyridine rings is 1. The molecule has 0 atom stereocenters. The molecule has 4 nitrogen and oxygen atoms in total. The zero-order chi connectivity index (χ0) is 13.9. The molecule has 3 rings (SSSR count). The average molecular weight is 293 g/mol. The first-order chi connectivity index (χ1) is 9.78. The summed E-state index contributed by atoms with van der Waals surface area (Å²) in [5.41, 5.74) is 3.14. The normalized spacial score (nSPS) is 16.3. The van der Waals surface area contributed by atoms with Crippen LogP contribution in [-0.2, 0) is 13.0 Å². The Morgan fingerprint density at radius 1 is 1.25 bits per heavy atom. The van der Waals surface area contributed by atoms with Gasteiger partial charge in [-0.3, -0.25) is 0 Å². The lowest BCUT2D eigenvalue weighted by Crippen LogP contribution is -2.25. The summed E-state index contributed by atoms with van der Waals surface area (Å²) in [5.74, 6) is 1.67. The molecule has 1 aliphatic rings. The molecule has 2 aromatic heterocycles. The van der Waals surface area contributed by atoms with E-state index < -0.39 is 0 Å². The van der Waals surface area contributed by atoms with Crippen molar-refractivity contribution in [2.24, 2.45) is 0 Å². The highest BCUT2D eigenvalue weighted by Crippen LogP contribution is 2.17. The highest BCUT2D eigenvalue weighted by atomic mass is 35.5. The predicted octanol–water partition coefficient (Wildman–Crippen LogP) is 2.62. The molecule has 0 N–H and O–H groups in total. The Kier molecular flexibility index (Phi) is 4.22. The Morgan fingerprint density at radius 2 is 2.05 bits per heavy atom. The molecule has 108 valence electrons. The molecule has 0 unspecified atom stereocenters. The summed E-state index contributed by atoms with van der Waals surface area (Å²) >= 11 is 5.91. The predicted molar refractivity (Wildman–Crippen MR) is 82.4 cm³/mol. The summed E-state index contributed by atoms with van der Waals surface area (Å²) in [6.07, 6.45) is 5.38. The molecular formula is C15H21ClN4. The van der Waals surface area contributed by atoms with E-state index in [0.717, 1.165) is 42.1 Å². The van der Waals surface area contributed by atoms with E-state index in [1.54, 1.807) is 0 Å². The van der Waals surface area contributed by atoms with E-state index in [0.29, 0.717) is 5.88 Å². The molecule has 1 fully saturated rings. The first kappa shape index (κ1) is 13.8. The van der Waals surface area contributed by atoms with Gasteiger partial charge in [0.2, 0.25) is 0 Å². The molecule has 0 amide bonds. The Labute approximate surface area is 124 Å².